The molecule has 2 atom stereocenters. The Morgan fingerprint density at radius 3 is 2.34 bits per heavy atom. The number of carbonyl (C=O) groups excluding carboxylic acids is 1. The van der Waals surface area contributed by atoms with Crippen LogP contribution >= 0.6 is 0 Å². The van der Waals surface area contributed by atoms with Crippen molar-refractivity contribution in [3.05, 3.63) is 42.5 Å². The summed E-state index contributed by atoms with van der Waals surface area (Å²) in [4.78, 5) is 13.0. The molecular formula is C27H31NO4. The van der Waals surface area contributed by atoms with Crippen molar-refractivity contribution in [1.29, 1.82) is 0 Å². The summed E-state index contributed by atoms with van der Waals surface area (Å²) < 4.78 is 16.7. The Kier molecular flexibility index (Phi) is 4.30. The van der Waals surface area contributed by atoms with Crippen molar-refractivity contribution in [2.45, 2.75) is 58.8 Å². The first-order chi connectivity index (χ1) is 15.3. The quantitative estimate of drug-likeness (QED) is 0.582. The van der Waals surface area contributed by atoms with E-state index in [1.165, 1.54) is 38.5 Å². The predicted octanol–water partition coefficient (Wildman–Crippen LogP) is 6.53. The largest absolute Gasteiger partial charge is 0.457 e. The number of carbonyl (C=O) groups is 1. The van der Waals surface area contributed by atoms with E-state index in [0.29, 0.717) is 34.5 Å². The van der Waals surface area contributed by atoms with Gasteiger partial charge in [-0.25, -0.2) is 0 Å². The molecule has 1 aliphatic heterocycles. The maximum absolute atomic E-state index is 13.0. The number of rotatable bonds is 5. The zero-order valence-corrected chi connectivity index (χ0v) is 18.9. The molecule has 2 aromatic rings. The number of hydrogen-bond acceptors (Lipinski definition) is 4. The highest BCUT2D eigenvalue weighted by atomic mass is 16.7. The number of amides is 1. The first kappa shape index (κ1) is 20.0. The van der Waals surface area contributed by atoms with Crippen LogP contribution in [0, 0.1) is 22.2 Å². The van der Waals surface area contributed by atoms with Crippen molar-refractivity contribution in [2.24, 2.45) is 22.2 Å². The lowest BCUT2D eigenvalue weighted by Crippen LogP contribution is -2.55. The average Bonchev–Trinajstić information content (AvgIpc) is 3.14. The maximum Gasteiger partial charge on any atom is 0.231 e. The van der Waals surface area contributed by atoms with Gasteiger partial charge in [-0.15, -0.1) is 0 Å². The van der Waals surface area contributed by atoms with Gasteiger partial charge in [0.15, 0.2) is 11.5 Å². The number of ether oxygens (including phenoxy) is 3. The van der Waals surface area contributed by atoms with Gasteiger partial charge in [0, 0.05) is 18.2 Å². The van der Waals surface area contributed by atoms with Gasteiger partial charge in [0.25, 0.3) is 0 Å². The lowest BCUT2D eigenvalue weighted by atomic mass is 9.40. The minimum absolute atomic E-state index is 0.142. The van der Waals surface area contributed by atoms with E-state index in [2.05, 4.69) is 19.2 Å². The molecule has 0 aromatic heterocycles. The van der Waals surface area contributed by atoms with E-state index in [4.69, 9.17) is 14.2 Å². The number of anilines is 1. The summed E-state index contributed by atoms with van der Waals surface area (Å²) >= 11 is 0. The van der Waals surface area contributed by atoms with E-state index in [1.807, 2.05) is 42.5 Å². The number of hydrogen-bond donors (Lipinski definition) is 1. The highest BCUT2D eigenvalue weighted by molar-refractivity contribution is 5.91. The Morgan fingerprint density at radius 1 is 0.938 bits per heavy atom. The highest BCUT2D eigenvalue weighted by Gasteiger charge is 2.60. The van der Waals surface area contributed by atoms with Crippen LogP contribution in [0.3, 0.4) is 0 Å². The molecule has 4 saturated carbocycles. The number of fused-ring (bicyclic) bond motifs is 1. The molecule has 4 bridgehead atoms. The fourth-order valence-electron chi connectivity index (χ4n) is 8.11. The van der Waals surface area contributed by atoms with Gasteiger partial charge in [0.1, 0.15) is 11.5 Å². The summed E-state index contributed by atoms with van der Waals surface area (Å²) in [5.41, 5.74) is 1.87. The van der Waals surface area contributed by atoms with Gasteiger partial charge in [-0.05, 0) is 97.1 Å². The molecule has 0 unspecified atom stereocenters. The lowest BCUT2D eigenvalue weighted by molar-refractivity contribution is -0.153. The molecule has 5 nitrogen and oxygen atoms in total. The summed E-state index contributed by atoms with van der Waals surface area (Å²) in [6.07, 6.45) is 8.35. The second-order valence-corrected chi connectivity index (χ2v) is 11.5. The molecule has 5 aliphatic rings. The molecule has 1 heterocycles. The van der Waals surface area contributed by atoms with Crippen LogP contribution in [-0.2, 0) is 4.79 Å². The van der Waals surface area contributed by atoms with Crippen molar-refractivity contribution >= 4 is 11.6 Å². The molecule has 7 rings (SSSR count). The minimum Gasteiger partial charge on any atom is -0.457 e. The van der Waals surface area contributed by atoms with Crippen molar-refractivity contribution in [3.8, 4) is 23.0 Å². The Labute approximate surface area is 189 Å². The van der Waals surface area contributed by atoms with E-state index in [1.54, 1.807) is 0 Å². The summed E-state index contributed by atoms with van der Waals surface area (Å²) in [5.74, 6) is 3.78. The van der Waals surface area contributed by atoms with Crippen LogP contribution in [0.25, 0.3) is 0 Å². The topological polar surface area (TPSA) is 56.8 Å². The first-order valence-electron chi connectivity index (χ1n) is 11.8. The molecule has 0 spiro atoms. The van der Waals surface area contributed by atoms with Crippen LogP contribution < -0.4 is 19.5 Å². The van der Waals surface area contributed by atoms with Gasteiger partial charge < -0.3 is 19.5 Å². The third-order valence-electron chi connectivity index (χ3n) is 8.00. The van der Waals surface area contributed by atoms with Gasteiger partial charge in [0.2, 0.25) is 12.7 Å². The Morgan fingerprint density at radius 2 is 1.62 bits per heavy atom. The van der Waals surface area contributed by atoms with Crippen LogP contribution in [0.5, 0.6) is 23.0 Å². The fraction of sp³-hybridized carbons (Fsp3) is 0.519. The molecule has 1 N–H and O–H groups in total. The summed E-state index contributed by atoms with van der Waals surface area (Å²) in [6.45, 7) is 5.16. The standard InChI is InChI=1S/C27H31NO4/c1-25-10-18-11-26(2,14-25)16-27(12-18,15-25)13-24(29)28-19-3-5-20(6-4-19)32-21-7-8-22-23(9-21)31-17-30-22/h3-9,18H,10-17H2,1-2H3,(H,28,29)/t18?,25-,26-,27?/m0/s1. The zero-order chi connectivity index (χ0) is 22.0. The van der Waals surface area contributed by atoms with Crippen LogP contribution in [0.2, 0.25) is 0 Å². The van der Waals surface area contributed by atoms with E-state index in [0.717, 1.165) is 17.4 Å². The monoisotopic (exact) mass is 433 g/mol. The molecule has 2 aromatic carbocycles. The number of benzene rings is 2. The number of nitrogens with one attached hydrogen (secondary N) is 1. The van der Waals surface area contributed by atoms with Gasteiger partial charge >= 0.3 is 0 Å². The lowest BCUT2D eigenvalue weighted by Gasteiger charge is -2.65. The predicted molar refractivity (Wildman–Crippen MR) is 122 cm³/mol. The summed E-state index contributed by atoms with van der Waals surface area (Å²) in [6, 6.07) is 13.1. The Balaban J connectivity index is 1.10. The average molecular weight is 434 g/mol. The Bertz CT molecular complexity index is 1040. The third-order valence-corrected chi connectivity index (χ3v) is 8.00. The summed E-state index contributed by atoms with van der Waals surface area (Å²) in [7, 11) is 0. The van der Waals surface area contributed by atoms with Crippen LogP contribution in [-0.4, -0.2) is 12.7 Å². The molecule has 5 heteroatoms. The molecule has 4 aliphatic carbocycles. The molecule has 0 saturated heterocycles. The SMILES string of the molecule is C[C@@]12CC3CC(CC(=O)Nc4ccc(Oc5ccc6c(c5)OCO6)cc4)(C1)C[C@@](C)(C3)C2. The van der Waals surface area contributed by atoms with Crippen molar-refractivity contribution in [1.82, 2.24) is 0 Å². The Hall–Kier alpha value is -2.69. The molecule has 4 fully saturated rings. The highest BCUT2D eigenvalue weighted by Crippen LogP contribution is 2.70. The molecule has 0 radical (unpaired) electrons. The van der Waals surface area contributed by atoms with Gasteiger partial charge in [-0.3, -0.25) is 4.79 Å². The molecule has 32 heavy (non-hydrogen) atoms. The van der Waals surface area contributed by atoms with E-state index in [-0.39, 0.29) is 18.1 Å². The second kappa shape index (κ2) is 6.90. The third kappa shape index (κ3) is 3.62. The fourth-order valence-corrected chi connectivity index (χ4v) is 8.11. The van der Waals surface area contributed by atoms with Crippen LogP contribution in [0.1, 0.15) is 58.8 Å². The van der Waals surface area contributed by atoms with Crippen LogP contribution in [0.4, 0.5) is 5.69 Å². The minimum atomic E-state index is 0.142. The maximum atomic E-state index is 13.0. The first-order valence-corrected chi connectivity index (χ1v) is 11.8. The molecule has 168 valence electrons. The van der Waals surface area contributed by atoms with E-state index < -0.39 is 0 Å². The van der Waals surface area contributed by atoms with Crippen molar-refractivity contribution in [3.63, 3.8) is 0 Å². The molecular weight excluding hydrogens is 402 g/mol. The van der Waals surface area contributed by atoms with Crippen molar-refractivity contribution in [2.75, 3.05) is 12.1 Å². The van der Waals surface area contributed by atoms with Gasteiger partial charge in [-0.1, -0.05) is 13.8 Å². The summed E-state index contributed by atoms with van der Waals surface area (Å²) in [5, 5.41) is 3.14. The van der Waals surface area contributed by atoms with Crippen LogP contribution in [0.15, 0.2) is 42.5 Å². The van der Waals surface area contributed by atoms with E-state index in [9.17, 15) is 4.79 Å². The molecule has 1 amide bonds. The van der Waals surface area contributed by atoms with Gasteiger partial charge in [-0.2, -0.15) is 0 Å². The van der Waals surface area contributed by atoms with Crippen molar-refractivity contribution < 1.29 is 19.0 Å². The van der Waals surface area contributed by atoms with E-state index >= 15 is 0 Å². The smallest absolute Gasteiger partial charge is 0.231 e. The van der Waals surface area contributed by atoms with Gasteiger partial charge in [0.05, 0.1) is 0 Å². The normalized spacial score (nSPS) is 33.9. The zero-order valence-electron chi connectivity index (χ0n) is 18.9. The second-order valence-electron chi connectivity index (χ2n) is 11.5.